The van der Waals surface area contributed by atoms with Gasteiger partial charge in [0.2, 0.25) is 0 Å². The van der Waals surface area contributed by atoms with Gasteiger partial charge in [0.1, 0.15) is 29.8 Å². The third-order valence-electron chi connectivity index (χ3n) is 12.8. The van der Waals surface area contributed by atoms with Gasteiger partial charge < -0.3 is 37.6 Å². The largest absolute Gasteiger partial charge is 0.448 e. The number of aryl methyl sites for hydroxylation is 2. The number of rotatable bonds is 11. The molecule has 4 aromatic rings. The summed E-state index contributed by atoms with van der Waals surface area (Å²) in [6.45, 7) is 28.3. The maximum Gasteiger partial charge on any atom is 0.358 e. The van der Waals surface area contributed by atoms with Gasteiger partial charge in [-0.15, -0.1) is 0 Å². The van der Waals surface area contributed by atoms with Gasteiger partial charge >= 0.3 is 16.6 Å². The Hall–Kier alpha value is -4.10. The van der Waals surface area contributed by atoms with Gasteiger partial charge in [-0.05, 0) is 111 Å². The standard InChI is InChI=1S/C24H34N2O6SSi.C17H30N2O5Si.C7H5ClOS/c1-8-17-18(31-23(33)29-16-12-10-9-11-13-16)19(32-34(6,7)24(3,4)5)21(30-17)26-14-15(2)20(27)25-22(26)28;1-8-11-12(20)13(24-25(6,7)17(3,4)5)15(23-11)19-9-10(2)14(21)18-16(19)22;8-7(10)9-6-4-2-1-3-5-6/h9-14,17-19,21H,8H2,1-7H3,(H,25,27,28);9,11-13,15,20H,8H2,1-7H3,(H,18,21,22);1-5H/t17-,18?,19+,21-;11-,12?,13+,15-;/m11./s1. The van der Waals surface area contributed by atoms with Crippen LogP contribution in [0.4, 0.5) is 0 Å². The Bertz CT molecular complexity index is 2600. The number of aliphatic hydroxyl groups is 1. The molecule has 2 fully saturated rings. The normalized spacial score (nSPS) is 22.7. The Balaban J connectivity index is 0.000000258. The fourth-order valence-corrected chi connectivity index (χ4v) is 9.79. The first-order valence-corrected chi connectivity index (χ1v) is 29.9. The molecule has 2 unspecified atom stereocenters. The lowest BCUT2D eigenvalue weighted by molar-refractivity contribution is -0.0375. The molecule has 0 radical (unpaired) electrons. The molecule has 21 heteroatoms. The first-order valence-electron chi connectivity index (χ1n) is 22.9. The highest BCUT2D eigenvalue weighted by atomic mass is 35.5. The number of H-pyrrole nitrogens is 2. The zero-order valence-corrected chi connectivity index (χ0v) is 46.4. The Morgan fingerprint density at radius 2 is 1.06 bits per heavy atom. The number of nitrogens with one attached hydrogen (secondary N) is 2. The molecule has 8 atom stereocenters. The van der Waals surface area contributed by atoms with Gasteiger partial charge in [0.05, 0.1) is 12.2 Å². The van der Waals surface area contributed by atoms with E-state index in [0.717, 1.165) is 0 Å². The van der Waals surface area contributed by atoms with Gasteiger partial charge in [-0.25, -0.2) is 9.59 Å². The molecular formula is C48H69ClN4O12S2Si2. The minimum absolute atomic E-state index is 0.0196. The minimum atomic E-state index is -2.33. The van der Waals surface area contributed by atoms with Crippen molar-refractivity contribution in [3.63, 3.8) is 0 Å². The van der Waals surface area contributed by atoms with E-state index in [9.17, 15) is 24.3 Å². The molecule has 380 valence electrons. The number of aromatic nitrogens is 4. The number of aliphatic hydroxyl groups excluding tert-OH is 1. The molecule has 3 N–H and O–H groups in total. The average Bonchev–Trinajstić information content (AvgIpc) is 3.74. The summed E-state index contributed by atoms with van der Waals surface area (Å²) in [6.07, 6.45) is -0.961. The molecule has 0 aliphatic carbocycles. The van der Waals surface area contributed by atoms with Gasteiger partial charge in [0.15, 0.2) is 35.2 Å². The van der Waals surface area contributed by atoms with E-state index >= 15 is 0 Å². The highest BCUT2D eigenvalue weighted by Gasteiger charge is 2.53. The predicted octanol–water partition coefficient (Wildman–Crippen LogP) is 8.78. The second-order valence-corrected chi connectivity index (χ2v) is 30.8. The molecule has 6 rings (SSSR count). The SMILES string of the molecule is CC[C@H]1O[C@@H](n2cc(C)c(=O)[nH]c2=O)[C@@H](O[Si](C)(C)C(C)(C)C)C1O.CC[C@H]1O[C@@H](n2cc(C)c(=O)[nH]c2=O)[C@@H](O[Si](C)(C)C(C)(C)C)C1OC(=S)Oc1ccccc1.S=C(Cl)Oc1ccccc1. The number of hydrogen-bond donors (Lipinski definition) is 3. The van der Waals surface area contributed by atoms with Crippen LogP contribution in [0.2, 0.25) is 36.3 Å². The van der Waals surface area contributed by atoms with Crippen LogP contribution in [0.3, 0.4) is 0 Å². The molecule has 2 aliphatic rings. The zero-order chi connectivity index (χ0) is 51.8. The Kier molecular flexibility index (Phi) is 19.9. The van der Waals surface area contributed by atoms with Crippen molar-refractivity contribution < 1.29 is 37.6 Å². The lowest BCUT2D eigenvalue weighted by atomic mass is 10.1. The second-order valence-electron chi connectivity index (χ2n) is 20.0. The number of thiocarbonyl (C=S) groups is 2. The van der Waals surface area contributed by atoms with Crippen molar-refractivity contribution >= 4 is 62.4 Å². The summed E-state index contributed by atoms with van der Waals surface area (Å²) >= 11 is 15.2. The summed E-state index contributed by atoms with van der Waals surface area (Å²) in [5.74, 6) is 1.23. The first kappa shape index (κ1) is 57.5. The molecular weight excluding hydrogens is 980 g/mol. The molecule has 0 amide bonds. The monoisotopic (exact) mass is 1050 g/mol. The summed E-state index contributed by atoms with van der Waals surface area (Å²) in [6, 6.07) is 18.3. The zero-order valence-electron chi connectivity index (χ0n) is 42.0. The highest BCUT2D eigenvalue weighted by molar-refractivity contribution is 7.82. The van der Waals surface area contributed by atoms with Crippen LogP contribution in [0, 0.1) is 13.8 Å². The van der Waals surface area contributed by atoms with Crippen molar-refractivity contribution in [2.75, 3.05) is 0 Å². The van der Waals surface area contributed by atoms with Crippen LogP contribution in [0.1, 0.15) is 91.8 Å². The van der Waals surface area contributed by atoms with Gasteiger partial charge in [0.25, 0.3) is 15.6 Å². The number of halogens is 1. The molecule has 2 aromatic heterocycles. The summed E-state index contributed by atoms with van der Waals surface area (Å²) in [4.78, 5) is 53.3. The van der Waals surface area contributed by atoms with E-state index in [1.807, 2.05) is 50.2 Å². The fraction of sp³-hybridized carbons (Fsp3) is 0.542. The van der Waals surface area contributed by atoms with E-state index < -0.39 is 88.2 Å². The van der Waals surface area contributed by atoms with Gasteiger partial charge in [-0.2, -0.15) is 0 Å². The van der Waals surface area contributed by atoms with Crippen molar-refractivity contribution in [3.8, 4) is 11.5 Å². The number of para-hydroxylation sites is 2. The van der Waals surface area contributed by atoms with Crippen LogP contribution in [-0.4, -0.2) is 87.2 Å². The van der Waals surface area contributed by atoms with E-state index in [0.29, 0.717) is 35.5 Å². The van der Waals surface area contributed by atoms with Crippen LogP contribution < -0.4 is 32.0 Å². The Morgan fingerprint density at radius 1 is 0.667 bits per heavy atom. The van der Waals surface area contributed by atoms with Gasteiger partial charge in [0, 0.05) is 35.7 Å². The van der Waals surface area contributed by atoms with Crippen LogP contribution in [0.25, 0.3) is 0 Å². The summed E-state index contributed by atoms with van der Waals surface area (Å²) < 4.78 is 44.9. The topological polar surface area (TPSA) is 195 Å². The Labute approximate surface area is 421 Å². The van der Waals surface area contributed by atoms with Crippen molar-refractivity contribution in [3.05, 3.63) is 126 Å². The molecule has 4 heterocycles. The number of hydrogen-bond acceptors (Lipinski definition) is 14. The van der Waals surface area contributed by atoms with Crippen molar-refractivity contribution in [2.45, 2.75) is 167 Å². The van der Waals surface area contributed by atoms with E-state index in [-0.39, 0.29) is 19.8 Å². The predicted molar refractivity (Wildman–Crippen MR) is 281 cm³/mol. The lowest BCUT2D eigenvalue weighted by Gasteiger charge is -2.40. The van der Waals surface area contributed by atoms with Crippen LogP contribution in [-0.2, 0) is 23.1 Å². The molecule has 69 heavy (non-hydrogen) atoms. The maximum absolute atomic E-state index is 12.7. The van der Waals surface area contributed by atoms with Crippen molar-refractivity contribution in [1.82, 2.24) is 19.1 Å². The number of benzene rings is 2. The van der Waals surface area contributed by atoms with E-state index in [4.69, 9.17) is 56.4 Å². The van der Waals surface area contributed by atoms with Crippen molar-refractivity contribution in [1.29, 1.82) is 0 Å². The van der Waals surface area contributed by atoms with Crippen LogP contribution in [0.15, 0.2) is 92.2 Å². The summed E-state index contributed by atoms with van der Waals surface area (Å²) in [5, 5.41) is 10.5. The van der Waals surface area contributed by atoms with Crippen LogP contribution >= 0.6 is 36.0 Å². The first-order chi connectivity index (χ1) is 32.0. The fourth-order valence-electron chi connectivity index (χ4n) is 6.82. The van der Waals surface area contributed by atoms with E-state index in [1.165, 1.54) is 21.5 Å². The second kappa shape index (κ2) is 23.9. The molecule has 16 nitrogen and oxygen atoms in total. The number of ether oxygens (including phenoxy) is 5. The van der Waals surface area contributed by atoms with E-state index in [1.54, 1.807) is 38.1 Å². The molecule has 2 saturated heterocycles. The number of aromatic amines is 2. The third-order valence-corrected chi connectivity index (χ3v) is 22.1. The average molecular weight is 1050 g/mol. The summed E-state index contributed by atoms with van der Waals surface area (Å²) in [7, 11) is -4.53. The third kappa shape index (κ3) is 15.0. The molecule has 2 aromatic carbocycles. The molecule has 0 bridgehead atoms. The Morgan fingerprint density at radius 3 is 1.46 bits per heavy atom. The maximum atomic E-state index is 12.7. The van der Waals surface area contributed by atoms with Crippen LogP contribution in [0.5, 0.6) is 11.5 Å². The van der Waals surface area contributed by atoms with Gasteiger partial charge in [-0.1, -0.05) is 91.8 Å². The minimum Gasteiger partial charge on any atom is -0.448 e. The van der Waals surface area contributed by atoms with Crippen molar-refractivity contribution in [2.24, 2.45) is 0 Å². The highest BCUT2D eigenvalue weighted by Crippen LogP contribution is 2.44. The molecule has 0 spiro atoms. The van der Waals surface area contributed by atoms with E-state index in [2.05, 4.69) is 89.9 Å². The number of nitrogens with zero attached hydrogens (tertiary/aromatic N) is 2. The molecule has 2 aliphatic heterocycles. The van der Waals surface area contributed by atoms with Gasteiger partial charge in [-0.3, -0.25) is 28.7 Å². The quantitative estimate of drug-likeness (QED) is 0.0733. The lowest BCUT2D eigenvalue weighted by Crippen LogP contribution is -2.50. The summed E-state index contributed by atoms with van der Waals surface area (Å²) in [5.41, 5.74) is -1.18. The smallest absolute Gasteiger partial charge is 0.358 e. The molecule has 0 saturated carbocycles.